The third kappa shape index (κ3) is 4.85. The first kappa shape index (κ1) is 22.5. The number of anilines is 1. The van der Waals surface area contributed by atoms with Crippen LogP contribution in [0.5, 0.6) is 0 Å². The summed E-state index contributed by atoms with van der Waals surface area (Å²) in [6.07, 6.45) is 0.297. The van der Waals surface area contributed by atoms with Crippen LogP contribution in [0.4, 0.5) is 5.69 Å². The molecule has 1 N–H and O–H groups in total. The maximum Gasteiger partial charge on any atom is 0.245 e. The minimum absolute atomic E-state index is 0.0241. The molecule has 1 fully saturated rings. The lowest BCUT2D eigenvalue weighted by Crippen LogP contribution is -2.49. The Morgan fingerprint density at radius 1 is 1.03 bits per heavy atom. The molecule has 0 atom stereocenters. The molecule has 4 rings (SSSR count). The Morgan fingerprint density at radius 2 is 1.75 bits per heavy atom. The molecule has 0 aliphatic carbocycles. The molecule has 9 nitrogen and oxygen atoms in total. The van der Waals surface area contributed by atoms with Crippen LogP contribution >= 0.6 is 11.7 Å². The van der Waals surface area contributed by atoms with E-state index in [1.54, 1.807) is 42.5 Å². The lowest BCUT2D eigenvalue weighted by atomic mass is 10.1. The van der Waals surface area contributed by atoms with Crippen LogP contribution in [-0.4, -0.2) is 70.8 Å². The van der Waals surface area contributed by atoms with Gasteiger partial charge >= 0.3 is 0 Å². The van der Waals surface area contributed by atoms with Gasteiger partial charge in [-0.15, -0.1) is 0 Å². The van der Waals surface area contributed by atoms with E-state index in [4.69, 9.17) is 0 Å². The van der Waals surface area contributed by atoms with Crippen molar-refractivity contribution in [2.24, 2.45) is 0 Å². The number of sulfonamides is 1. The summed E-state index contributed by atoms with van der Waals surface area (Å²) in [7, 11) is -3.66. The minimum Gasteiger partial charge on any atom is -0.326 e. The van der Waals surface area contributed by atoms with Gasteiger partial charge in [0.05, 0.1) is 11.7 Å². The van der Waals surface area contributed by atoms with Crippen LogP contribution in [0.25, 0.3) is 11.0 Å². The smallest absolute Gasteiger partial charge is 0.245 e. The third-order valence-electron chi connectivity index (χ3n) is 5.43. The number of aromatic nitrogens is 2. The monoisotopic (exact) mass is 473 g/mol. The maximum atomic E-state index is 13.1. The first-order chi connectivity index (χ1) is 15.3. The van der Waals surface area contributed by atoms with Crippen LogP contribution in [-0.2, 0) is 14.8 Å². The topological polar surface area (TPSA) is 113 Å². The van der Waals surface area contributed by atoms with Crippen molar-refractivity contribution in [2.45, 2.75) is 18.2 Å². The van der Waals surface area contributed by atoms with Gasteiger partial charge in [-0.05, 0) is 43.3 Å². The lowest BCUT2D eigenvalue weighted by Gasteiger charge is -2.33. The Kier molecular flexibility index (Phi) is 6.60. The van der Waals surface area contributed by atoms with Gasteiger partial charge in [-0.3, -0.25) is 9.59 Å². The number of amides is 1. The number of ketones is 1. The molecule has 0 bridgehead atoms. The van der Waals surface area contributed by atoms with Crippen LogP contribution < -0.4 is 5.32 Å². The number of Topliss-reactive ketones (excluding diaryl/α,β-unsaturated/α-hetero) is 1. The maximum absolute atomic E-state index is 13.1. The molecule has 1 aromatic heterocycles. The van der Waals surface area contributed by atoms with E-state index < -0.39 is 10.0 Å². The molecule has 1 amide bonds. The summed E-state index contributed by atoms with van der Waals surface area (Å²) in [4.78, 5) is 25.9. The van der Waals surface area contributed by atoms with Crippen molar-refractivity contribution in [3.05, 3.63) is 48.0 Å². The summed E-state index contributed by atoms with van der Waals surface area (Å²) in [6.45, 7) is 3.83. The van der Waals surface area contributed by atoms with Crippen molar-refractivity contribution in [3.8, 4) is 0 Å². The number of benzene rings is 2. The van der Waals surface area contributed by atoms with Crippen molar-refractivity contribution >= 4 is 50.2 Å². The fourth-order valence-corrected chi connectivity index (χ4v) is 5.77. The van der Waals surface area contributed by atoms with Crippen molar-refractivity contribution in [1.29, 1.82) is 0 Å². The molecule has 168 valence electrons. The minimum atomic E-state index is -3.66. The molecule has 0 spiro atoms. The fraction of sp³-hybridized carbons (Fsp3) is 0.333. The Bertz CT molecular complexity index is 1230. The van der Waals surface area contributed by atoms with Crippen LogP contribution in [0.2, 0.25) is 0 Å². The van der Waals surface area contributed by atoms with Gasteiger partial charge in [-0.25, -0.2) is 8.42 Å². The predicted octanol–water partition coefficient (Wildman–Crippen LogP) is 2.23. The van der Waals surface area contributed by atoms with E-state index in [1.807, 2.05) is 0 Å². The van der Waals surface area contributed by atoms with Crippen LogP contribution in [0.3, 0.4) is 0 Å². The van der Waals surface area contributed by atoms with Crippen LogP contribution in [0.15, 0.2) is 47.4 Å². The van der Waals surface area contributed by atoms with Crippen molar-refractivity contribution in [1.82, 2.24) is 18.0 Å². The number of carbonyl (C=O) groups is 2. The summed E-state index contributed by atoms with van der Waals surface area (Å²) in [5.41, 5.74) is 2.23. The first-order valence-electron chi connectivity index (χ1n) is 10.2. The van der Waals surface area contributed by atoms with E-state index in [0.717, 1.165) is 11.7 Å². The van der Waals surface area contributed by atoms with Crippen molar-refractivity contribution < 1.29 is 18.0 Å². The van der Waals surface area contributed by atoms with E-state index in [2.05, 4.69) is 19.0 Å². The molecular weight excluding hydrogens is 450 g/mol. The second-order valence-corrected chi connectivity index (χ2v) is 10.0. The summed E-state index contributed by atoms with van der Waals surface area (Å²) >= 11 is 0.998. The molecule has 1 aliphatic heterocycles. The van der Waals surface area contributed by atoms with Gasteiger partial charge in [-0.1, -0.05) is 6.07 Å². The largest absolute Gasteiger partial charge is 0.326 e. The number of rotatable bonds is 7. The zero-order valence-corrected chi connectivity index (χ0v) is 19.2. The average Bonchev–Trinajstić information content (AvgIpc) is 3.27. The van der Waals surface area contributed by atoms with E-state index in [9.17, 15) is 18.0 Å². The summed E-state index contributed by atoms with van der Waals surface area (Å²) in [5.74, 6) is -0.151. The quantitative estimate of drug-likeness (QED) is 0.524. The Labute approximate surface area is 190 Å². The number of carbonyl (C=O) groups excluding carboxylic acids is 2. The molecule has 1 saturated heterocycles. The molecule has 11 heteroatoms. The second-order valence-electron chi connectivity index (χ2n) is 7.57. The number of nitrogens with one attached hydrogen (secondary N) is 1. The lowest BCUT2D eigenvalue weighted by molar-refractivity contribution is -0.116. The normalized spacial score (nSPS) is 15.7. The number of fused-ring (bicyclic) bond motifs is 1. The molecule has 3 aromatic rings. The Balaban J connectivity index is 1.29. The van der Waals surface area contributed by atoms with Crippen LogP contribution in [0, 0.1) is 0 Å². The van der Waals surface area contributed by atoms with E-state index in [-0.39, 0.29) is 16.6 Å². The van der Waals surface area contributed by atoms with Crippen LogP contribution in [0.1, 0.15) is 23.7 Å². The molecule has 2 heterocycles. The highest BCUT2D eigenvalue weighted by atomic mass is 32.2. The molecule has 32 heavy (non-hydrogen) atoms. The van der Waals surface area contributed by atoms with E-state index >= 15 is 0 Å². The summed E-state index contributed by atoms with van der Waals surface area (Å²) < 4.78 is 35.9. The number of hydrogen-bond donors (Lipinski definition) is 1. The molecular formula is C21H23N5O4S2. The standard InChI is InChI=1S/C21H23N5O4S2/c1-15(27)16-5-7-17(8-6-16)22-20(28)9-10-25-11-13-26(14-12-25)32(29,30)19-4-2-3-18-21(19)24-31-23-18/h2-8H,9-14H2,1H3,(H,22,28). The van der Waals surface area contributed by atoms with Gasteiger partial charge < -0.3 is 10.2 Å². The Hall–Kier alpha value is -2.73. The zero-order valence-electron chi connectivity index (χ0n) is 17.5. The average molecular weight is 474 g/mol. The second kappa shape index (κ2) is 9.41. The molecule has 0 radical (unpaired) electrons. The number of nitrogens with zero attached hydrogens (tertiary/aromatic N) is 4. The van der Waals surface area contributed by atoms with E-state index in [1.165, 1.54) is 11.2 Å². The Morgan fingerprint density at radius 3 is 2.44 bits per heavy atom. The van der Waals surface area contributed by atoms with Gasteiger partial charge in [0.1, 0.15) is 15.9 Å². The SMILES string of the molecule is CC(=O)c1ccc(NC(=O)CCN2CCN(S(=O)(=O)c3cccc4nsnc34)CC2)cc1. The first-order valence-corrected chi connectivity index (χ1v) is 12.4. The third-order valence-corrected chi connectivity index (χ3v) is 7.90. The number of piperazine rings is 1. The van der Waals surface area contributed by atoms with Gasteiger partial charge in [0, 0.05) is 50.4 Å². The van der Waals surface area contributed by atoms with E-state index in [0.29, 0.717) is 61.4 Å². The molecule has 0 saturated carbocycles. The summed E-state index contributed by atoms with van der Waals surface area (Å²) in [5, 5.41) is 2.82. The molecule has 2 aromatic carbocycles. The van der Waals surface area contributed by atoms with Crippen molar-refractivity contribution in [3.63, 3.8) is 0 Å². The van der Waals surface area contributed by atoms with Gasteiger partial charge in [0.25, 0.3) is 0 Å². The van der Waals surface area contributed by atoms with Gasteiger partial charge in [0.15, 0.2) is 5.78 Å². The predicted molar refractivity (Wildman–Crippen MR) is 122 cm³/mol. The highest BCUT2D eigenvalue weighted by Gasteiger charge is 2.30. The highest BCUT2D eigenvalue weighted by Crippen LogP contribution is 2.25. The molecule has 1 aliphatic rings. The number of hydrogen-bond acceptors (Lipinski definition) is 8. The van der Waals surface area contributed by atoms with Gasteiger partial charge in [0.2, 0.25) is 15.9 Å². The van der Waals surface area contributed by atoms with Gasteiger partial charge in [-0.2, -0.15) is 13.1 Å². The molecule has 0 unspecified atom stereocenters. The zero-order chi connectivity index (χ0) is 22.7. The highest BCUT2D eigenvalue weighted by molar-refractivity contribution is 7.89. The van der Waals surface area contributed by atoms with Crippen molar-refractivity contribution in [2.75, 3.05) is 38.0 Å². The fourth-order valence-electron chi connectivity index (χ4n) is 3.59. The summed E-state index contributed by atoms with van der Waals surface area (Å²) in [6, 6.07) is 11.8.